The largest absolute Gasteiger partial charge is 0.418 e. The summed E-state index contributed by atoms with van der Waals surface area (Å²) in [6, 6.07) is 1.17. The zero-order valence-electron chi connectivity index (χ0n) is 5.79. The maximum Gasteiger partial charge on any atom is 0.212 e. The highest BCUT2D eigenvalue weighted by molar-refractivity contribution is 9.10. The fourth-order valence-electron chi connectivity index (χ4n) is 0.478. The van der Waals surface area contributed by atoms with Crippen LogP contribution in [0.4, 0.5) is 0 Å². The summed E-state index contributed by atoms with van der Waals surface area (Å²) < 4.78 is 5.43. The van der Waals surface area contributed by atoms with Gasteiger partial charge in [0.25, 0.3) is 0 Å². The average molecular weight is 276 g/mol. The molecule has 1 nitrogen and oxygen atoms in total. The van der Waals surface area contributed by atoms with E-state index in [1.807, 2.05) is 0 Å². The van der Waals surface area contributed by atoms with E-state index < -0.39 is 8.32 Å². The molecular weight excluding hydrogens is 264 g/mol. The molecule has 0 unspecified atom stereocenters. The van der Waals surface area contributed by atoms with Crippen LogP contribution in [0.5, 0.6) is 0 Å². The number of rotatable bonds is 4. The average Bonchev–Trinajstić information content (AvgIpc) is 1.95. The Bertz CT molecular complexity index is 57.8. The highest BCUT2D eigenvalue weighted by Gasteiger charge is 2.28. The minimum absolute atomic E-state index is 1.03. The molecule has 0 spiro atoms. The van der Waals surface area contributed by atoms with Gasteiger partial charge in [0.1, 0.15) is 0 Å². The van der Waals surface area contributed by atoms with Crippen LogP contribution in [0.1, 0.15) is 6.92 Å². The molecule has 0 atom stereocenters. The molecule has 0 aromatic carbocycles. The molecule has 4 heteroatoms. The van der Waals surface area contributed by atoms with Crippen molar-refractivity contribution < 1.29 is 4.43 Å². The summed E-state index contributed by atoms with van der Waals surface area (Å²) >= 11 is 6.92. The summed E-state index contributed by atoms with van der Waals surface area (Å²) in [4.78, 5) is 2.05. The van der Waals surface area contributed by atoms with Crippen molar-refractivity contribution in [2.45, 2.75) is 13.0 Å². The molecule has 9 heavy (non-hydrogen) atoms. The van der Waals surface area contributed by atoms with E-state index in [1.165, 1.54) is 6.04 Å². The molecule has 0 heterocycles. The Morgan fingerprint density at radius 3 is 1.78 bits per heavy atom. The van der Waals surface area contributed by atoms with Crippen molar-refractivity contribution in [3.05, 3.63) is 0 Å². The van der Waals surface area contributed by atoms with Crippen molar-refractivity contribution in [2.75, 3.05) is 17.0 Å². The zero-order valence-corrected chi connectivity index (χ0v) is 9.96. The van der Waals surface area contributed by atoms with Crippen LogP contribution in [0.15, 0.2) is 0 Å². The number of alkyl halides is 2. The summed E-state index contributed by atoms with van der Waals surface area (Å²) in [7, 11) is 0.446. The summed E-state index contributed by atoms with van der Waals surface area (Å²) in [6.07, 6.45) is 0. The van der Waals surface area contributed by atoms with Crippen molar-refractivity contribution in [3.63, 3.8) is 0 Å². The lowest BCUT2D eigenvalue weighted by Gasteiger charge is -2.22. The SMILES string of the molecule is CC[Si](CBr)(CBr)OC. The first-order chi connectivity index (χ1) is 4.24. The van der Waals surface area contributed by atoms with E-state index in [-0.39, 0.29) is 0 Å². The zero-order chi connectivity index (χ0) is 7.33. The van der Waals surface area contributed by atoms with Crippen molar-refractivity contribution >= 4 is 40.2 Å². The molecule has 0 saturated carbocycles. The van der Waals surface area contributed by atoms with Gasteiger partial charge in [-0.1, -0.05) is 38.8 Å². The predicted molar refractivity (Wildman–Crippen MR) is 50.8 cm³/mol. The molecule has 0 N–H and O–H groups in total. The van der Waals surface area contributed by atoms with Crippen LogP contribution in [0, 0.1) is 0 Å². The first-order valence-corrected chi connectivity index (χ1v) is 7.69. The third kappa shape index (κ3) is 2.70. The summed E-state index contributed by atoms with van der Waals surface area (Å²) in [6.45, 7) is 2.18. The van der Waals surface area contributed by atoms with E-state index in [0.29, 0.717) is 0 Å². The quantitative estimate of drug-likeness (QED) is 0.566. The number of hydrogen-bond acceptors (Lipinski definition) is 1. The van der Waals surface area contributed by atoms with Crippen molar-refractivity contribution in [3.8, 4) is 0 Å². The third-order valence-electron chi connectivity index (χ3n) is 1.56. The van der Waals surface area contributed by atoms with E-state index in [0.717, 1.165) is 9.91 Å². The van der Waals surface area contributed by atoms with E-state index >= 15 is 0 Å². The predicted octanol–water partition coefficient (Wildman–Crippen LogP) is 2.47. The molecule has 0 amide bonds. The van der Waals surface area contributed by atoms with Gasteiger partial charge in [0.15, 0.2) is 0 Å². The second kappa shape index (κ2) is 4.88. The molecule has 0 rings (SSSR count). The standard InChI is InChI=1S/C5H12Br2OSi/c1-3-9(4-6,5-7)8-2/h3-5H2,1-2H3. The van der Waals surface area contributed by atoms with Crippen molar-refractivity contribution in [1.29, 1.82) is 0 Å². The number of halogens is 2. The second-order valence-corrected chi connectivity index (χ2v) is 9.39. The molecule has 0 aliphatic heterocycles. The lowest BCUT2D eigenvalue weighted by molar-refractivity contribution is 0.404. The Balaban J connectivity index is 3.82. The van der Waals surface area contributed by atoms with Crippen LogP contribution in [0.3, 0.4) is 0 Å². The van der Waals surface area contributed by atoms with Crippen LogP contribution in [-0.4, -0.2) is 25.3 Å². The molecule has 0 saturated heterocycles. The van der Waals surface area contributed by atoms with E-state index in [4.69, 9.17) is 4.43 Å². The van der Waals surface area contributed by atoms with E-state index in [1.54, 1.807) is 7.11 Å². The van der Waals surface area contributed by atoms with E-state index in [9.17, 15) is 0 Å². The molecular formula is C5H12Br2OSi. The topological polar surface area (TPSA) is 9.23 Å². The Morgan fingerprint density at radius 2 is 1.78 bits per heavy atom. The van der Waals surface area contributed by atoms with Gasteiger partial charge in [-0.15, -0.1) is 0 Å². The molecule has 0 radical (unpaired) electrons. The van der Waals surface area contributed by atoms with Crippen molar-refractivity contribution in [2.24, 2.45) is 0 Å². The maximum atomic E-state index is 5.43. The Kier molecular flexibility index (Phi) is 5.49. The van der Waals surface area contributed by atoms with Gasteiger partial charge < -0.3 is 4.43 Å². The minimum Gasteiger partial charge on any atom is -0.418 e. The van der Waals surface area contributed by atoms with Crippen LogP contribution < -0.4 is 0 Å². The molecule has 0 fully saturated rings. The highest BCUT2D eigenvalue weighted by atomic mass is 79.9. The lowest BCUT2D eigenvalue weighted by Crippen LogP contribution is -2.41. The molecule has 56 valence electrons. The second-order valence-electron chi connectivity index (χ2n) is 2.01. The van der Waals surface area contributed by atoms with Gasteiger partial charge in [-0.05, 0) is 6.04 Å². The summed E-state index contributed by atoms with van der Waals surface area (Å²) in [5, 5.41) is 0. The van der Waals surface area contributed by atoms with Gasteiger partial charge in [-0.3, -0.25) is 0 Å². The van der Waals surface area contributed by atoms with Gasteiger partial charge in [0.05, 0.1) is 0 Å². The smallest absolute Gasteiger partial charge is 0.212 e. The van der Waals surface area contributed by atoms with Gasteiger partial charge in [0.2, 0.25) is 8.32 Å². The normalized spacial score (nSPS) is 12.0. The summed E-state index contributed by atoms with van der Waals surface area (Å²) in [5.74, 6) is 0. The monoisotopic (exact) mass is 274 g/mol. The van der Waals surface area contributed by atoms with Crippen LogP contribution in [-0.2, 0) is 4.43 Å². The van der Waals surface area contributed by atoms with Gasteiger partial charge in [-0.2, -0.15) is 0 Å². The van der Waals surface area contributed by atoms with Crippen LogP contribution >= 0.6 is 31.9 Å². The molecule has 0 bridgehead atoms. The first-order valence-electron chi connectivity index (χ1n) is 2.91. The lowest BCUT2D eigenvalue weighted by atomic mass is 11.0. The Morgan fingerprint density at radius 1 is 1.33 bits per heavy atom. The van der Waals surface area contributed by atoms with Crippen LogP contribution in [0.25, 0.3) is 0 Å². The van der Waals surface area contributed by atoms with Gasteiger partial charge in [0, 0.05) is 17.0 Å². The van der Waals surface area contributed by atoms with Gasteiger partial charge in [-0.25, -0.2) is 0 Å². The maximum absolute atomic E-state index is 5.43. The third-order valence-corrected chi connectivity index (χ3v) is 10.8. The molecule has 0 aliphatic carbocycles. The highest BCUT2D eigenvalue weighted by Crippen LogP contribution is 2.15. The molecule has 0 aromatic rings. The van der Waals surface area contributed by atoms with Gasteiger partial charge >= 0.3 is 0 Å². The van der Waals surface area contributed by atoms with Crippen molar-refractivity contribution in [1.82, 2.24) is 0 Å². The minimum atomic E-state index is -1.36. The Labute approximate surface area is 74.6 Å². The first kappa shape index (κ1) is 10.1. The fourth-order valence-corrected chi connectivity index (χ4v) is 7.97. The summed E-state index contributed by atoms with van der Waals surface area (Å²) in [5.41, 5.74) is 0. The number of hydrogen-bond donors (Lipinski definition) is 0. The molecule has 0 aromatic heterocycles. The fraction of sp³-hybridized carbons (Fsp3) is 1.00. The van der Waals surface area contributed by atoms with Crippen LogP contribution in [0.2, 0.25) is 6.04 Å². The Hall–Kier alpha value is 1.14. The molecule has 0 aliphatic rings. The van der Waals surface area contributed by atoms with E-state index in [2.05, 4.69) is 38.8 Å².